The molecule has 0 aliphatic carbocycles. The van der Waals surface area contributed by atoms with E-state index in [4.69, 9.17) is 4.74 Å². The van der Waals surface area contributed by atoms with Gasteiger partial charge in [-0.15, -0.1) is 0 Å². The highest BCUT2D eigenvalue weighted by Crippen LogP contribution is 2.43. The predicted molar refractivity (Wildman–Crippen MR) is 134 cm³/mol. The molecule has 6 rings (SSSR count). The summed E-state index contributed by atoms with van der Waals surface area (Å²) in [7, 11) is 1.66. The van der Waals surface area contributed by atoms with Gasteiger partial charge in [-0.05, 0) is 69.1 Å². The molecule has 0 atom stereocenters. The smallest absolute Gasteiger partial charge is 0.274 e. The Morgan fingerprint density at radius 1 is 0.758 bits per heavy atom. The quantitative estimate of drug-likeness (QED) is 0.311. The number of anilines is 1. The zero-order chi connectivity index (χ0) is 22.4. The van der Waals surface area contributed by atoms with Crippen molar-refractivity contribution in [2.75, 3.05) is 12.4 Å². The van der Waals surface area contributed by atoms with Crippen molar-refractivity contribution in [1.29, 1.82) is 0 Å². The van der Waals surface area contributed by atoms with Crippen LogP contribution in [-0.4, -0.2) is 18.0 Å². The van der Waals surface area contributed by atoms with Crippen LogP contribution in [0.4, 0.5) is 5.69 Å². The monoisotopic (exact) mass is 428 g/mol. The van der Waals surface area contributed by atoms with Crippen LogP contribution in [0.1, 0.15) is 10.5 Å². The molecule has 5 aromatic carbocycles. The molecule has 0 radical (unpaired) electrons. The summed E-state index contributed by atoms with van der Waals surface area (Å²) in [6.07, 6.45) is 1.63. The number of hydrogen-bond donors (Lipinski definition) is 1. The van der Waals surface area contributed by atoms with Crippen molar-refractivity contribution in [1.82, 2.24) is 4.98 Å². The second kappa shape index (κ2) is 7.61. The number of nitrogens with one attached hydrogen (secondary N) is 1. The van der Waals surface area contributed by atoms with Gasteiger partial charge in [0.1, 0.15) is 11.4 Å². The third-order valence-corrected chi connectivity index (χ3v) is 6.17. The summed E-state index contributed by atoms with van der Waals surface area (Å²) in [5.41, 5.74) is 3.27. The number of benzene rings is 5. The third-order valence-electron chi connectivity index (χ3n) is 6.17. The van der Waals surface area contributed by atoms with Crippen LogP contribution in [0, 0.1) is 0 Å². The first-order chi connectivity index (χ1) is 16.2. The van der Waals surface area contributed by atoms with E-state index >= 15 is 0 Å². The van der Waals surface area contributed by atoms with Gasteiger partial charge in [0.25, 0.3) is 5.91 Å². The molecular formula is C29H20N2O2. The van der Waals surface area contributed by atoms with Crippen LogP contribution in [0.2, 0.25) is 0 Å². The molecule has 0 aliphatic heterocycles. The van der Waals surface area contributed by atoms with E-state index in [0.717, 1.165) is 38.7 Å². The molecule has 0 bridgehead atoms. The fourth-order valence-electron chi connectivity index (χ4n) is 4.64. The Morgan fingerprint density at radius 2 is 1.52 bits per heavy atom. The third kappa shape index (κ3) is 3.15. The Morgan fingerprint density at radius 3 is 2.27 bits per heavy atom. The van der Waals surface area contributed by atoms with E-state index in [-0.39, 0.29) is 5.91 Å². The molecule has 4 heteroatoms. The minimum absolute atomic E-state index is 0.230. The molecule has 0 aliphatic rings. The second-order valence-corrected chi connectivity index (χ2v) is 8.05. The maximum absolute atomic E-state index is 13.0. The van der Waals surface area contributed by atoms with Crippen molar-refractivity contribution in [2.24, 2.45) is 0 Å². The van der Waals surface area contributed by atoms with Gasteiger partial charge in [0, 0.05) is 22.7 Å². The molecule has 6 aromatic rings. The molecule has 158 valence electrons. The van der Waals surface area contributed by atoms with Crippen LogP contribution in [0.3, 0.4) is 0 Å². The van der Waals surface area contributed by atoms with Crippen molar-refractivity contribution in [3.63, 3.8) is 0 Å². The van der Waals surface area contributed by atoms with Crippen molar-refractivity contribution in [3.05, 3.63) is 103 Å². The maximum atomic E-state index is 13.0. The maximum Gasteiger partial charge on any atom is 0.274 e. The highest BCUT2D eigenvalue weighted by molar-refractivity contribution is 6.29. The van der Waals surface area contributed by atoms with E-state index in [2.05, 4.69) is 64.9 Å². The first kappa shape index (κ1) is 19.3. The topological polar surface area (TPSA) is 51.2 Å². The number of amides is 1. The molecule has 0 spiro atoms. The summed E-state index contributed by atoms with van der Waals surface area (Å²) in [6.45, 7) is 0. The number of methoxy groups -OCH3 is 1. The fourth-order valence-corrected chi connectivity index (χ4v) is 4.64. The molecule has 1 heterocycles. The summed E-state index contributed by atoms with van der Waals surface area (Å²) in [5, 5.41) is 9.98. The number of carbonyl (C=O) groups is 1. The molecule has 0 fully saturated rings. The lowest BCUT2D eigenvalue weighted by atomic mass is 9.88. The summed E-state index contributed by atoms with van der Waals surface area (Å²) in [4.78, 5) is 17.2. The van der Waals surface area contributed by atoms with E-state index in [1.54, 1.807) is 25.4 Å². The summed E-state index contributed by atoms with van der Waals surface area (Å²) >= 11 is 0. The normalized spacial score (nSPS) is 11.3. The van der Waals surface area contributed by atoms with E-state index in [1.807, 2.05) is 24.3 Å². The minimum atomic E-state index is -0.230. The van der Waals surface area contributed by atoms with Crippen LogP contribution in [0.5, 0.6) is 5.75 Å². The molecule has 1 aromatic heterocycles. The van der Waals surface area contributed by atoms with Gasteiger partial charge < -0.3 is 10.1 Å². The summed E-state index contributed by atoms with van der Waals surface area (Å²) in [6, 6.07) is 30.3. The van der Waals surface area contributed by atoms with Gasteiger partial charge in [0.15, 0.2) is 0 Å². The van der Waals surface area contributed by atoms with E-state index in [9.17, 15) is 4.79 Å². The van der Waals surface area contributed by atoms with Crippen LogP contribution in [0.25, 0.3) is 43.4 Å². The van der Waals surface area contributed by atoms with Crippen LogP contribution < -0.4 is 10.1 Å². The van der Waals surface area contributed by atoms with Crippen LogP contribution in [-0.2, 0) is 0 Å². The number of ether oxygens (including phenoxy) is 1. The molecule has 0 unspecified atom stereocenters. The number of hydrogen-bond acceptors (Lipinski definition) is 3. The van der Waals surface area contributed by atoms with Gasteiger partial charge in [-0.3, -0.25) is 9.78 Å². The van der Waals surface area contributed by atoms with Gasteiger partial charge in [-0.1, -0.05) is 54.6 Å². The zero-order valence-corrected chi connectivity index (χ0v) is 18.0. The highest BCUT2D eigenvalue weighted by Gasteiger charge is 2.18. The van der Waals surface area contributed by atoms with Crippen molar-refractivity contribution < 1.29 is 9.53 Å². The number of nitrogens with zero attached hydrogens (tertiary/aromatic N) is 1. The first-order valence-electron chi connectivity index (χ1n) is 10.8. The molecule has 4 nitrogen and oxygen atoms in total. The zero-order valence-electron chi connectivity index (χ0n) is 18.0. The van der Waals surface area contributed by atoms with Gasteiger partial charge in [0.05, 0.1) is 7.11 Å². The standard InChI is InChI=1S/C29H20N2O2/c1-33-22-13-10-18(11-14-22)23-17-21-6-4-5-19-8-9-20-12-15-24(28(23)27(20)26(19)21)31-29(32)25-7-2-3-16-30-25/h2-17H,1H3,(H,31,32). The lowest BCUT2D eigenvalue weighted by Crippen LogP contribution is -2.13. The van der Waals surface area contributed by atoms with E-state index in [0.29, 0.717) is 5.69 Å². The van der Waals surface area contributed by atoms with Crippen LogP contribution in [0.15, 0.2) is 97.2 Å². The van der Waals surface area contributed by atoms with Gasteiger partial charge in [0.2, 0.25) is 0 Å². The lowest BCUT2D eigenvalue weighted by molar-refractivity contribution is 0.102. The Hall–Kier alpha value is -4.44. The highest BCUT2D eigenvalue weighted by atomic mass is 16.5. The van der Waals surface area contributed by atoms with Crippen molar-refractivity contribution in [2.45, 2.75) is 0 Å². The molecule has 1 amide bonds. The Balaban J connectivity index is 1.66. The number of carbonyl (C=O) groups excluding carboxylic acids is 1. The second-order valence-electron chi connectivity index (χ2n) is 8.05. The number of pyridine rings is 1. The summed E-state index contributed by atoms with van der Waals surface area (Å²) in [5.74, 6) is 0.575. The van der Waals surface area contributed by atoms with E-state index < -0.39 is 0 Å². The van der Waals surface area contributed by atoms with Crippen molar-refractivity contribution >= 4 is 43.9 Å². The van der Waals surface area contributed by atoms with E-state index in [1.165, 1.54) is 16.2 Å². The Labute approximate surface area is 190 Å². The van der Waals surface area contributed by atoms with Gasteiger partial charge >= 0.3 is 0 Å². The fraction of sp³-hybridized carbons (Fsp3) is 0.0345. The van der Waals surface area contributed by atoms with Gasteiger partial charge in [-0.25, -0.2) is 0 Å². The number of rotatable bonds is 4. The largest absolute Gasteiger partial charge is 0.497 e. The van der Waals surface area contributed by atoms with Crippen molar-refractivity contribution in [3.8, 4) is 16.9 Å². The average Bonchev–Trinajstić information content (AvgIpc) is 2.88. The number of aromatic nitrogens is 1. The first-order valence-corrected chi connectivity index (χ1v) is 10.8. The molecule has 0 saturated heterocycles. The Bertz CT molecular complexity index is 1620. The Kier molecular flexibility index (Phi) is 4.44. The van der Waals surface area contributed by atoms with Gasteiger partial charge in [-0.2, -0.15) is 0 Å². The molecule has 1 N–H and O–H groups in total. The molecule has 0 saturated carbocycles. The lowest BCUT2D eigenvalue weighted by Gasteiger charge is -2.18. The minimum Gasteiger partial charge on any atom is -0.497 e. The molecular weight excluding hydrogens is 408 g/mol. The predicted octanol–water partition coefficient (Wildman–Crippen LogP) is 6.91. The van der Waals surface area contributed by atoms with Crippen LogP contribution >= 0.6 is 0 Å². The average molecular weight is 428 g/mol. The SMILES string of the molecule is COc1ccc(-c2cc3cccc4ccc5ccc(NC(=O)c6ccccn6)c2c5c43)cc1. The summed E-state index contributed by atoms with van der Waals surface area (Å²) < 4.78 is 5.36. The molecule has 33 heavy (non-hydrogen) atoms.